The van der Waals surface area contributed by atoms with Gasteiger partial charge in [0.15, 0.2) is 0 Å². The van der Waals surface area contributed by atoms with Gasteiger partial charge in [0.25, 0.3) is 0 Å². The van der Waals surface area contributed by atoms with Crippen LogP contribution in [-0.4, -0.2) is 57.4 Å². The number of halogens is 2. The summed E-state index contributed by atoms with van der Waals surface area (Å²) in [6.07, 6.45) is 2.32. The number of anilines is 1. The first-order valence-corrected chi connectivity index (χ1v) is 14.6. The van der Waals surface area contributed by atoms with Gasteiger partial charge in [-0.3, -0.25) is 9.52 Å². The van der Waals surface area contributed by atoms with Crippen LogP contribution >= 0.6 is 23.2 Å². The second kappa shape index (κ2) is 11.9. The van der Waals surface area contributed by atoms with Crippen LogP contribution in [0.1, 0.15) is 24.0 Å². The highest BCUT2D eigenvalue weighted by atomic mass is 35.5. The normalized spacial score (nSPS) is 15.1. The summed E-state index contributed by atoms with van der Waals surface area (Å²) in [6.45, 7) is 1.23. The number of ether oxygens (including phenoxy) is 2. The Hall–Kier alpha value is -2.92. The van der Waals surface area contributed by atoms with Gasteiger partial charge in [-0.05, 0) is 48.6 Å². The first kappa shape index (κ1) is 28.1. The third-order valence-corrected chi connectivity index (χ3v) is 7.52. The van der Waals surface area contributed by atoms with Crippen LogP contribution in [0.5, 0.6) is 6.01 Å². The van der Waals surface area contributed by atoms with Crippen molar-refractivity contribution < 1.29 is 22.7 Å². The average molecular weight is 580 g/mol. The van der Waals surface area contributed by atoms with Crippen LogP contribution in [0.3, 0.4) is 0 Å². The fourth-order valence-corrected chi connectivity index (χ4v) is 5.45. The minimum Gasteiger partial charge on any atom is -0.467 e. The molecule has 2 aromatic carbocycles. The highest BCUT2D eigenvalue weighted by Gasteiger charge is 2.43. The lowest BCUT2D eigenvalue weighted by atomic mass is 9.73. The summed E-state index contributed by atoms with van der Waals surface area (Å²) in [4.78, 5) is 22.1. The first-order chi connectivity index (χ1) is 18.1. The van der Waals surface area contributed by atoms with Crippen LogP contribution in [0.15, 0.2) is 48.5 Å². The molecule has 1 aromatic heterocycles. The third kappa shape index (κ3) is 6.74. The Bertz CT molecular complexity index is 1430. The minimum atomic E-state index is -3.73. The zero-order valence-corrected chi connectivity index (χ0v) is 23.3. The third-order valence-electron chi connectivity index (χ3n) is 6.37. The number of methoxy groups -OCH3 is 1. The van der Waals surface area contributed by atoms with Crippen LogP contribution in [0.2, 0.25) is 10.0 Å². The Morgan fingerprint density at radius 1 is 1.11 bits per heavy atom. The highest BCUT2D eigenvalue weighted by molar-refractivity contribution is 7.89. The van der Waals surface area contributed by atoms with Crippen molar-refractivity contribution in [2.75, 3.05) is 38.4 Å². The van der Waals surface area contributed by atoms with Gasteiger partial charge in [-0.15, -0.1) is 0 Å². The van der Waals surface area contributed by atoms with Crippen molar-refractivity contribution >= 4 is 45.0 Å². The number of amides is 1. The maximum atomic E-state index is 13.2. The molecule has 38 heavy (non-hydrogen) atoms. The number of carbonyl (C=O) groups is 1. The largest absolute Gasteiger partial charge is 0.467 e. The molecular formula is C26H28Cl2N4O5S. The topological polar surface area (TPSA) is 120 Å². The van der Waals surface area contributed by atoms with E-state index in [1.54, 1.807) is 18.2 Å². The van der Waals surface area contributed by atoms with Gasteiger partial charge in [0.1, 0.15) is 5.82 Å². The monoisotopic (exact) mass is 578 g/mol. The molecule has 4 rings (SSSR count). The quantitative estimate of drug-likeness (QED) is 0.387. The number of nitrogens with one attached hydrogen (secondary N) is 2. The Morgan fingerprint density at radius 2 is 1.87 bits per heavy atom. The average Bonchev–Trinajstić information content (AvgIpc) is 2.89. The Morgan fingerprint density at radius 3 is 2.55 bits per heavy atom. The zero-order chi connectivity index (χ0) is 27.3. The van der Waals surface area contributed by atoms with Gasteiger partial charge in [0, 0.05) is 41.4 Å². The van der Waals surface area contributed by atoms with Crippen LogP contribution in [0.25, 0.3) is 11.3 Å². The summed E-state index contributed by atoms with van der Waals surface area (Å²) in [5.41, 5.74) is 1.89. The van der Waals surface area contributed by atoms with Crippen molar-refractivity contribution in [3.05, 3.63) is 69.7 Å². The van der Waals surface area contributed by atoms with E-state index in [-0.39, 0.29) is 6.01 Å². The summed E-state index contributed by atoms with van der Waals surface area (Å²) >= 11 is 12.3. The summed E-state index contributed by atoms with van der Waals surface area (Å²) in [5.74, 6) is -0.0122. The smallest absolute Gasteiger partial charge is 0.318 e. The van der Waals surface area contributed by atoms with Crippen molar-refractivity contribution in [2.24, 2.45) is 0 Å². The number of sulfonamides is 1. The van der Waals surface area contributed by atoms with E-state index >= 15 is 0 Å². The van der Waals surface area contributed by atoms with Crippen molar-refractivity contribution in [1.82, 2.24) is 14.7 Å². The fourth-order valence-electron chi connectivity index (χ4n) is 4.41. The molecular weight excluding hydrogens is 551 g/mol. The first-order valence-electron chi connectivity index (χ1n) is 11.9. The summed E-state index contributed by atoms with van der Waals surface area (Å²) in [6, 6.07) is 14.7. The van der Waals surface area contributed by atoms with Crippen LogP contribution < -0.4 is 14.8 Å². The lowest BCUT2D eigenvalue weighted by molar-refractivity contribution is -0.128. The molecule has 0 spiro atoms. The van der Waals surface area contributed by atoms with E-state index in [0.717, 1.165) is 17.4 Å². The van der Waals surface area contributed by atoms with E-state index in [9.17, 15) is 13.2 Å². The molecule has 0 bridgehead atoms. The van der Waals surface area contributed by atoms with E-state index in [0.29, 0.717) is 66.1 Å². The van der Waals surface area contributed by atoms with Crippen LogP contribution in [-0.2, 0) is 31.4 Å². The second-order valence-electron chi connectivity index (χ2n) is 9.02. The van der Waals surface area contributed by atoms with Crippen molar-refractivity contribution in [2.45, 2.75) is 24.7 Å². The highest BCUT2D eigenvalue weighted by Crippen LogP contribution is 2.37. The Labute approximate surface area is 231 Å². The summed E-state index contributed by atoms with van der Waals surface area (Å²) < 4.78 is 36.7. The number of hydrogen-bond acceptors (Lipinski definition) is 8. The number of rotatable bonds is 9. The molecule has 3 aromatic rings. The maximum absolute atomic E-state index is 13.2. The lowest BCUT2D eigenvalue weighted by Crippen LogP contribution is -2.49. The lowest BCUT2D eigenvalue weighted by Gasteiger charge is -2.36. The Balaban J connectivity index is 1.61. The Kier molecular flexibility index (Phi) is 8.77. The molecule has 1 aliphatic rings. The minimum absolute atomic E-state index is 0.176. The van der Waals surface area contributed by atoms with E-state index in [1.165, 1.54) is 7.11 Å². The maximum Gasteiger partial charge on any atom is 0.318 e. The van der Waals surface area contributed by atoms with Gasteiger partial charge in [-0.2, -0.15) is 9.97 Å². The standard InChI is InChI=1S/C26H28Cl2N4O5S/c1-36-25-30-22(16-23(31-25)29-11-8-17-6-7-20(27)15-21(17)28)18-4-3-5-19(14-18)26(9-12-37-13-10-26)24(33)32-38(2,34)35/h3-7,14-16H,8-13H2,1-2H3,(H,32,33)(H,29,30,31). The van der Waals surface area contributed by atoms with Crippen LogP contribution in [0, 0.1) is 0 Å². The van der Waals surface area contributed by atoms with E-state index in [1.807, 2.05) is 30.3 Å². The van der Waals surface area contributed by atoms with Crippen molar-refractivity contribution in [3.63, 3.8) is 0 Å². The van der Waals surface area contributed by atoms with Gasteiger partial charge < -0.3 is 14.8 Å². The molecule has 9 nitrogen and oxygen atoms in total. The molecule has 1 amide bonds. The molecule has 12 heteroatoms. The second-order valence-corrected chi connectivity index (χ2v) is 11.6. The van der Waals surface area contributed by atoms with Crippen molar-refractivity contribution in [1.29, 1.82) is 0 Å². The van der Waals surface area contributed by atoms with Crippen molar-refractivity contribution in [3.8, 4) is 17.3 Å². The predicted octanol–water partition coefficient (Wildman–Crippen LogP) is 4.24. The molecule has 0 aliphatic carbocycles. The van der Waals surface area contributed by atoms with Gasteiger partial charge in [0.2, 0.25) is 15.9 Å². The molecule has 0 radical (unpaired) electrons. The molecule has 1 aliphatic heterocycles. The van der Waals surface area contributed by atoms with Gasteiger partial charge >= 0.3 is 6.01 Å². The number of carbonyl (C=O) groups excluding carboxylic acids is 1. The summed E-state index contributed by atoms with van der Waals surface area (Å²) in [5, 5.41) is 4.45. The zero-order valence-electron chi connectivity index (χ0n) is 21.0. The predicted molar refractivity (Wildman–Crippen MR) is 147 cm³/mol. The molecule has 2 heterocycles. The van der Waals surface area contributed by atoms with Gasteiger partial charge in [-0.1, -0.05) is 47.5 Å². The molecule has 1 saturated heterocycles. The van der Waals surface area contributed by atoms with E-state index < -0.39 is 21.3 Å². The number of benzene rings is 2. The molecule has 202 valence electrons. The molecule has 0 unspecified atom stereocenters. The SMILES string of the molecule is COc1nc(NCCc2ccc(Cl)cc2Cl)cc(-c2cccc(C3(C(=O)NS(C)(=O)=O)CCOCC3)c2)n1. The van der Waals surface area contributed by atoms with Gasteiger partial charge in [-0.25, -0.2) is 8.42 Å². The van der Waals surface area contributed by atoms with E-state index in [4.69, 9.17) is 32.7 Å². The van der Waals surface area contributed by atoms with Gasteiger partial charge in [0.05, 0.1) is 24.5 Å². The fraction of sp³-hybridized carbons (Fsp3) is 0.346. The van der Waals surface area contributed by atoms with E-state index in [2.05, 4.69) is 20.0 Å². The molecule has 1 fully saturated rings. The molecule has 2 N–H and O–H groups in total. The number of aromatic nitrogens is 2. The molecule has 0 saturated carbocycles. The van der Waals surface area contributed by atoms with Crippen LogP contribution in [0.4, 0.5) is 5.82 Å². The summed E-state index contributed by atoms with van der Waals surface area (Å²) in [7, 11) is -2.24. The number of hydrogen-bond donors (Lipinski definition) is 2. The number of nitrogens with zero attached hydrogens (tertiary/aromatic N) is 2. The molecule has 0 atom stereocenters.